The molecular weight excluding hydrogens is 688 g/mol. The van der Waals surface area contributed by atoms with Crippen LogP contribution in [0.4, 0.5) is 0 Å². The number of carboxylic acid groups (broad SMARTS) is 1. The van der Waals surface area contributed by atoms with Crippen molar-refractivity contribution in [2.75, 3.05) is 19.8 Å². The molecule has 1 heterocycles. The maximum atomic E-state index is 13.3. The number of benzene rings is 1. The van der Waals surface area contributed by atoms with Crippen LogP contribution in [0.2, 0.25) is 0 Å². The summed E-state index contributed by atoms with van der Waals surface area (Å²) in [5.41, 5.74) is -0.246. The van der Waals surface area contributed by atoms with Crippen molar-refractivity contribution in [1.29, 1.82) is 0 Å². The minimum Gasteiger partial charge on any atom is -0.481 e. The minimum absolute atomic E-state index is 0.0278. The average Bonchev–Trinajstić information content (AvgIpc) is 3.15. The minimum atomic E-state index is -1.47. The van der Waals surface area contributed by atoms with Crippen LogP contribution in [0.5, 0.6) is 0 Å². The van der Waals surface area contributed by atoms with E-state index in [1.807, 2.05) is 30.3 Å². The summed E-state index contributed by atoms with van der Waals surface area (Å²) in [4.78, 5) is 13.3. The van der Waals surface area contributed by atoms with E-state index < -0.39 is 53.6 Å². The normalized spacial score (nSPS) is 51.2. The molecule has 54 heavy (non-hydrogen) atoms. The highest BCUT2D eigenvalue weighted by Crippen LogP contribution is 2.84. The molecule has 6 N–H and O–H groups in total. The zero-order valence-electron chi connectivity index (χ0n) is 32.7. The molecule has 1 saturated heterocycles. The predicted octanol–water partition coefficient (Wildman–Crippen LogP) is 5.37. The van der Waals surface area contributed by atoms with Gasteiger partial charge in [0.1, 0.15) is 18.3 Å². The van der Waals surface area contributed by atoms with Gasteiger partial charge in [0.2, 0.25) is 0 Å². The average molecular weight is 753 g/mol. The number of aliphatic hydroxyl groups excluding tert-OH is 5. The molecule has 8 rings (SSSR count). The number of rotatable bonds is 8. The largest absolute Gasteiger partial charge is 0.481 e. The fourth-order valence-corrected chi connectivity index (χ4v) is 14.8. The standard InChI is InChI=1S/C44H64O10/c1-38(25-45)17-18-42(37(50)51)19-20-43-13-8-14-44(16-11-28(43)29(42)21-38)40(3)22-31(52-23-27-9-6-5-7-10-27)35(54-36-34(49)33(48)30(47)24-53-36)39(2,26-46)32(40)12-15-41(43,44)4/h5-7,9-11,29-36,45-49H,8,12-26H2,1-4H3,(H,50,51)/t29-,30+,31+,32+,33-,34+,35+,36-,38-,39-,40-,41-,42-,43+,44+/m0/s1. The first-order chi connectivity index (χ1) is 25.6. The Bertz CT molecular complexity index is 1620. The van der Waals surface area contributed by atoms with Crippen LogP contribution in [0, 0.1) is 49.7 Å². The molecule has 1 aliphatic heterocycles. The van der Waals surface area contributed by atoms with Crippen molar-refractivity contribution >= 4 is 5.97 Å². The van der Waals surface area contributed by atoms with Gasteiger partial charge in [-0.15, -0.1) is 0 Å². The van der Waals surface area contributed by atoms with Crippen molar-refractivity contribution in [3.8, 4) is 0 Å². The maximum absolute atomic E-state index is 13.3. The highest BCUT2D eigenvalue weighted by Gasteiger charge is 2.78. The van der Waals surface area contributed by atoms with Gasteiger partial charge in [0, 0.05) is 12.0 Å². The summed E-state index contributed by atoms with van der Waals surface area (Å²) in [6.45, 7) is 9.26. The van der Waals surface area contributed by atoms with Crippen LogP contribution < -0.4 is 0 Å². The van der Waals surface area contributed by atoms with Gasteiger partial charge in [0.15, 0.2) is 6.29 Å². The molecule has 10 nitrogen and oxygen atoms in total. The van der Waals surface area contributed by atoms with Crippen molar-refractivity contribution in [2.45, 2.75) is 148 Å². The molecule has 0 amide bonds. The Morgan fingerprint density at radius 2 is 1.63 bits per heavy atom. The molecule has 7 aliphatic rings. The zero-order valence-corrected chi connectivity index (χ0v) is 32.7. The summed E-state index contributed by atoms with van der Waals surface area (Å²) < 4.78 is 19.5. The third-order valence-electron chi connectivity index (χ3n) is 17.8. The van der Waals surface area contributed by atoms with Gasteiger partial charge in [-0.05, 0) is 115 Å². The van der Waals surface area contributed by atoms with Crippen LogP contribution in [-0.2, 0) is 25.6 Å². The molecule has 1 aromatic carbocycles. The first-order valence-electron chi connectivity index (χ1n) is 20.7. The van der Waals surface area contributed by atoms with Gasteiger partial charge in [0.25, 0.3) is 0 Å². The Hall–Kier alpha value is -1.89. The fraction of sp³-hybridized carbons (Fsp3) is 0.795. The van der Waals surface area contributed by atoms with Gasteiger partial charge in [-0.25, -0.2) is 0 Å². The Kier molecular flexibility index (Phi) is 9.62. The number of aliphatic carboxylic acids is 1. The summed E-state index contributed by atoms with van der Waals surface area (Å²) in [6, 6.07) is 10.0. The van der Waals surface area contributed by atoms with E-state index >= 15 is 0 Å². The Labute approximate surface area is 320 Å². The van der Waals surface area contributed by atoms with Crippen LogP contribution in [0.3, 0.4) is 0 Å². The van der Waals surface area contributed by atoms with E-state index in [1.54, 1.807) is 0 Å². The summed E-state index contributed by atoms with van der Waals surface area (Å²) in [5.74, 6) is -0.751. The van der Waals surface area contributed by atoms with Crippen molar-refractivity contribution in [2.24, 2.45) is 49.7 Å². The molecular formula is C44H64O10. The topological polar surface area (TPSA) is 166 Å². The van der Waals surface area contributed by atoms with Gasteiger partial charge < -0.3 is 44.8 Å². The van der Waals surface area contributed by atoms with Crippen LogP contribution in [0.15, 0.2) is 42.0 Å². The van der Waals surface area contributed by atoms with Gasteiger partial charge in [-0.2, -0.15) is 0 Å². The molecule has 300 valence electrons. The quantitative estimate of drug-likeness (QED) is 0.150. The fourth-order valence-electron chi connectivity index (χ4n) is 14.8. The lowest BCUT2D eigenvalue weighted by Crippen LogP contribution is -2.74. The molecule has 6 fully saturated rings. The molecule has 2 bridgehead atoms. The molecule has 0 aromatic heterocycles. The summed E-state index contributed by atoms with van der Waals surface area (Å²) in [7, 11) is 0. The smallest absolute Gasteiger partial charge is 0.310 e. The monoisotopic (exact) mass is 752 g/mol. The van der Waals surface area contributed by atoms with Gasteiger partial charge in [-0.1, -0.05) is 76.1 Å². The number of hydrogen-bond acceptors (Lipinski definition) is 9. The van der Waals surface area contributed by atoms with Crippen molar-refractivity contribution in [3.05, 3.63) is 47.5 Å². The van der Waals surface area contributed by atoms with Crippen LogP contribution in [-0.4, -0.2) is 93.2 Å². The van der Waals surface area contributed by atoms with Crippen molar-refractivity contribution < 1.29 is 49.6 Å². The molecule has 15 atom stereocenters. The Balaban J connectivity index is 1.22. The number of carboxylic acids is 1. The molecule has 1 spiro atoms. The first kappa shape index (κ1) is 39.0. The number of hydrogen-bond donors (Lipinski definition) is 6. The third kappa shape index (κ3) is 5.16. The van der Waals surface area contributed by atoms with E-state index in [0.29, 0.717) is 32.3 Å². The SMILES string of the molecule is C[C@]1(CO)CC[C@]2(C(=O)O)CC[C@]34CCC[C@]5(CC=C3[C@@H]2C1)[C@@]4(C)CC[C@@H]1[C@](C)(CO)[C@H](O[C@@H]2OC[C@@H](O)[C@H](O)[C@H]2O)[C@H](OCc2ccccc2)C[C@@]15C. The van der Waals surface area contributed by atoms with Gasteiger partial charge in [-0.3, -0.25) is 4.79 Å². The number of aliphatic hydroxyl groups is 5. The Morgan fingerprint density at radius 1 is 0.889 bits per heavy atom. The van der Waals surface area contributed by atoms with Gasteiger partial charge in [0.05, 0.1) is 37.4 Å². The number of fused-ring (bicyclic) bond motifs is 3. The predicted molar refractivity (Wildman–Crippen MR) is 200 cm³/mol. The van der Waals surface area contributed by atoms with E-state index in [1.165, 1.54) is 5.57 Å². The summed E-state index contributed by atoms with van der Waals surface area (Å²) >= 11 is 0. The van der Waals surface area contributed by atoms with E-state index in [4.69, 9.17) is 14.2 Å². The van der Waals surface area contributed by atoms with E-state index in [0.717, 1.165) is 56.9 Å². The molecule has 0 unspecified atom stereocenters. The second-order valence-corrected chi connectivity index (χ2v) is 19.9. The number of carbonyl (C=O) groups is 1. The second kappa shape index (κ2) is 13.3. The van der Waals surface area contributed by atoms with E-state index in [9.17, 15) is 35.4 Å². The van der Waals surface area contributed by atoms with E-state index in [2.05, 4.69) is 33.8 Å². The lowest BCUT2D eigenvalue weighted by Gasteiger charge is -2.79. The van der Waals surface area contributed by atoms with Crippen LogP contribution >= 0.6 is 0 Å². The van der Waals surface area contributed by atoms with Crippen LogP contribution in [0.1, 0.15) is 110 Å². The third-order valence-corrected chi connectivity index (χ3v) is 17.8. The van der Waals surface area contributed by atoms with Crippen molar-refractivity contribution in [1.82, 2.24) is 0 Å². The molecule has 5 saturated carbocycles. The highest BCUT2D eigenvalue weighted by molar-refractivity contribution is 5.76. The molecule has 10 heteroatoms. The summed E-state index contributed by atoms with van der Waals surface area (Å²) in [6.07, 6.45) is 5.97. The lowest BCUT2D eigenvalue weighted by molar-refractivity contribution is -0.346. The molecule has 0 radical (unpaired) electrons. The second-order valence-electron chi connectivity index (χ2n) is 19.9. The highest BCUT2D eigenvalue weighted by atomic mass is 16.7. The molecule has 6 aliphatic carbocycles. The lowest BCUT2D eigenvalue weighted by atomic mass is 9.25. The number of allylic oxidation sites excluding steroid dienone is 2. The first-order valence-corrected chi connectivity index (χ1v) is 20.7. The zero-order chi connectivity index (χ0) is 38.5. The maximum Gasteiger partial charge on any atom is 0.310 e. The summed E-state index contributed by atoms with van der Waals surface area (Å²) in [5, 5.41) is 64.9. The van der Waals surface area contributed by atoms with Gasteiger partial charge >= 0.3 is 5.97 Å². The molecule has 1 aromatic rings. The van der Waals surface area contributed by atoms with Crippen molar-refractivity contribution in [3.63, 3.8) is 0 Å². The van der Waals surface area contributed by atoms with Crippen LogP contribution in [0.25, 0.3) is 0 Å². The number of ether oxygens (including phenoxy) is 3. The Morgan fingerprint density at radius 3 is 2.33 bits per heavy atom. The van der Waals surface area contributed by atoms with E-state index in [-0.39, 0.29) is 58.7 Å².